The van der Waals surface area contributed by atoms with Crippen molar-refractivity contribution in [3.05, 3.63) is 11.6 Å². The van der Waals surface area contributed by atoms with E-state index in [1.807, 2.05) is 13.0 Å². The largest absolute Gasteiger partial charge is 0.413 e. The van der Waals surface area contributed by atoms with E-state index in [0.717, 1.165) is 12.0 Å². The maximum absolute atomic E-state index is 12.9. The van der Waals surface area contributed by atoms with E-state index in [1.165, 1.54) is 12.8 Å². The van der Waals surface area contributed by atoms with Crippen LogP contribution in [0.5, 0.6) is 0 Å². The van der Waals surface area contributed by atoms with Gasteiger partial charge in [0, 0.05) is 5.92 Å². The van der Waals surface area contributed by atoms with Crippen molar-refractivity contribution in [1.82, 2.24) is 0 Å². The molecule has 0 aliphatic heterocycles. The number of allylic oxidation sites excluding steroid dienone is 1. The van der Waals surface area contributed by atoms with Gasteiger partial charge in [-0.1, -0.05) is 48.0 Å². The molecule has 0 aromatic carbocycles. The molecule has 140 valence electrons. The zero-order valence-corrected chi connectivity index (χ0v) is 18.5. The van der Waals surface area contributed by atoms with Crippen molar-refractivity contribution in [2.45, 2.75) is 85.9 Å². The van der Waals surface area contributed by atoms with Crippen molar-refractivity contribution in [3.8, 4) is 0 Å². The van der Waals surface area contributed by atoms with Crippen molar-refractivity contribution in [2.24, 2.45) is 23.7 Å². The van der Waals surface area contributed by atoms with Crippen LogP contribution in [0.4, 0.5) is 0 Å². The summed E-state index contributed by atoms with van der Waals surface area (Å²) in [4.78, 5) is 12.9. The average molecular weight is 353 g/mol. The van der Waals surface area contributed by atoms with E-state index >= 15 is 0 Å². The van der Waals surface area contributed by atoms with Crippen LogP contribution in [0.2, 0.25) is 18.1 Å². The van der Waals surface area contributed by atoms with Gasteiger partial charge in [0.25, 0.3) is 0 Å². The van der Waals surface area contributed by atoms with E-state index < -0.39 is 8.32 Å². The molecule has 0 saturated heterocycles. The summed E-state index contributed by atoms with van der Waals surface area (Å²) in [6, 6.07) is 0. The molecule has 1 aliphatic rings. The first kappa shape index (κ1) is 21.6. The average Bonchev–Trinajstić information content (AvgIpc) is 2.43. The lowest BCUT2D eigenvalue weighted by Crippen LogP contribution is -2.41. The molecule has 3 heteroatoms. The smallest absolute Gasteiger partial charge is 0.192 e. The second-order valence-corrected chi connectivity index (χ2v) is 14.7. The summed E-state index contributed by atoms with van der Waals surface area (Å²) in [7, 11) is -1.75. The molecule has 1 fully saturated rings. The van der Waals surface area contributed by atoms with Crippen LogP contribution in [-0.2, 0) is 9.22 Å². The van der Waals surface area contributed by atoms with Crippen LogP contribution < -0.4 is 0 Å². The molecule has 0 bridgehead atoms. The van der Waals surface area contributed by atoms with Gasteiger partial charge < -0.3 is 4.43 Å². The van der Waals surface area contributed by atoms with Crippen LogP contribution in [0.1, 0.15) is 67.7 Å². The minimum absolute atomic E-state index is 0.205. The van der Waals surface area contributed by atoms with Gasteiger partial charge in [0.15, 0.2) is 14.1 Å². The van der Waals surface area contributed by atoms with Crippen molar-refractivity contribution in [3.63, 3.8) is 0 Å². The van der Waals surface area contributed by atoms with Gasteiger partial charge in [0.05, 0.1) is 6.61 Å². The monoisotopic (exact) mass is 352 g/mol. The lowest BCUT2D eigenvalue weighted by Gasteiger charge is -2.37. The normalized spacial score (nSPS) is 26.8. The van der Waals surface area contributed by atoms with Crippen LogP contribution in [0.25, 0.3) is 0 Å². The molecule has 0 unspecified atom stereocenters. The molecule has 0 amide bonds. The summed E-state index contributed by atoms with van der Waals surface area (Å²) < 4.78 is 6.26. The van der Waals surface area contributed by atoms with Gasteiger partial charge in [-0.25, -0.2) is 0 Å². The lowest BCUT2D eigenvalue weighted by atomic mass is 9.68. The van der Waals surface area contributed by atoms with E-state index in [2.05, 4.69) is 54.6 Å². The highest BCUT2D eigenvalue weighted by molar-refractivity contribution is 6.74. The Bertz CT molecular complexity index is 457. The van der Waals surface area contributed by atoms with E-state index in [4.69, 9.17) is 4.43 Å². The molecule has 1 rings (SSSR count). The van der Waals surface area contributed by atoms with Gasteiger partial charge in [-0.3, -0.25) is 4.79 Å². The summed E-state index contributed by atoms with van der Waals surface area (Å²) in [5, 5.41) is 0.207. The molecule has 0 heterocycles. The number of ketones is 1. The topological polar surface area (TPSA) is 26.3 Å². The molecule has 24 heavy (non-hydrogen) atoms. The van der Waals surface area contributed by atoms with E-state index in [9.17, 15) is 4.79 Å². The maximum Gasteiger partial charge on any atom is 0.192 e. The van der Waals surface area contributed by atoms with Crippen molar-refractivity contribution < 1.29 is 9.22 Å². The summed E-state index contributed by atoms with van der Waals surface area (Å²) >= 11 is 0. The van der Waals surface area contributed by atoms with E-state index in [1.54, 1.807) is 0 Å². The fraction of sp³-hybridized carbons (Fsp3) is 0.857. The minimum atomic E-state index is -1.75. The Morgan fingerprint density at radius 1 is 1.25 bits per heavy atom. The molecular weight excluding hydrogens is 312 g/mol. The standard InChI is InChI=1S/C21H40O2Si/c1-15(2)18-11-10-16(3)12-19(18)20(22)13-17(4)14-23-24(8,9)21(5,6)7/h13,15-16,18-19H,10-12,14H2,1-9H3/b17-13+/t16-,18+,19-/m1/s1. The van der Waals surface area contributed by atoms with Gasteiger partial charge in [-0.2, -0.15) is 0 Å². The summed E-state index contributed by atoms with van der Waals surface area (Å²) in [5.74, 6) is 2.34. The Morgan fingerprint density at radius 2 is 1.83 bits per heavy atom. The number of hydrogen-bond donors (Lipinski definition) is 0. The van der Waals surface area contributed by atoms with Crippen LogP contribution in [0.15, 0.2) is 11.6 Å². The molecule has 0 radical (unpaired) electrons. The molecule has 1 aliphatic carbocycles. The molecule has 2 nitrogen and oxygen atoms in total. The van der Waals surface area contributed by atoms with Crippen LogP contribution >= 0.6 is 0 Å². The molecule has 1 saturated carbocycles. The van der Waals surface area contributed by atoms with Gasteiger partial charge >= 0.3 is 0 Å². The minimum Gasteiger partial charge on any atom is -0.413 e. The number of hydrogen-bond acceptors (Lipinski definition) is 2. The first-order chi connectivity index (χ1) is 10.8. The predicted octanol–water partition coefficient (Wildman–Crippen LogP) is 6.23. The van der Waals surface area contributed by atoms with Crippen LogP contribution in [0.3, 0.4) is 0 Å². The summed E-state index contributed by atoms with van der Waals surface area (Å²) in [6.07, 6.45) is 5.40. The Balaban J connectivity index is 2.74. The highest BCUT2D eigenvalue weighted by Gasteiger charge is 2.37. The van der Waals surface area contributed by atoms with E-state index in [-0.39, 0.29) is 11.0 Å². The number of carbonyl (C=O) groups is 1. The highest BCUT2D eigenvalue weighted by atomic mass is 28.4. The van der Waals surface area contributed by atoms with Gasteiger partial charge in [-0.15, -0.1) is 0 Å². The van der Waals surface area contributed by atoms with Crippen LogP contribution in [-0.4, -0.2) is 20.7 Å². The van der Waals surface area contributed by atoms with E-state index in [0.29, 0.717) is 30.1 Å². The molecule has 0 aromatic rings. The number of carbonyl (C=O) groups excluding carboxylic acids is 1. The highest BCUT2D eigenvalue weighted by Crippen LogP contribution is 2.39. The van der Waals surface area contributed by atoms with Crippen molar-refractivity contribution >= 4 is 14.1 Å². The molecule has 0 aromatic heterocycles. The third-order valence-electron chi connectivity index (χ3n) is 6.24. The SMILES string of the molecule is C/C(=C\C(=O)[C@@H]1C[C@H](C)CC[C@H]1C(C)C)CO[Si](C)(C)C(C)(C)C. The molecule has 0 N–H and O–H groups in total. The second-order valence-electron chi connectivity index (χ2n) is 9.87. The lowest BCUT2D eigenvalue weighted by molar-refractivity contribution is -0.122. The third-order valence-corrected chi connectivity index (χ3v) is 10.7. The maximum atomic E-state index is 12.9. The van der Waals surface area contributed by atoms with Crippen molar-refractivity contribution in [2.75, 3.05) is 6.61 Å². The molecule has 3 atom stereocenters. The predicted molar refractivity (Wildman–Crippen MR) is 107 cm³/mol. The van der Waals surface area contributed by atoms with Crippen LogP contribution in [0, 0.1) is 23.7 Å². The van der Waals surface area contributed by atoms with Gasteiger partial charge in [0.2, 0.25) is 0 Å². The summed E-state index contributed by atoms with van der Waals surface area (Å²) in [5.41, 5.74) is 1.07. The molecular formula is C21H40O2Si. The fourth-order valence-electron chi connectivity index (χ4n) is 3.43. The Hall–Kier alpha value is -0.413. The third kappa shape index (κ3) is 5.84. The summed E-state index contributed by atoms with van der Waals surface area (Å²) in [6.45, 7) is 20.7. The number of rotatable bonds is 6. The Labute approximate surface area is 151 Å². The second kappa shape index (κ2) is 8.31. The van der Waals surface area contributed by atoms with Gasteiger partial charge in [0.1, 0.15) is 0 Å². The first-order valence-corrected chi connectivity index (χ1v) is 12.6. The quantitative estimate of drug-likeness (QED) is 0.418. The van der Waals surface area contributed by atoms with Gasteiger partial charge in [-0.05, 0) is 67.3 Å². The fourth-order valence-corrected chi connectivity index (χ4v) is 4.45. The zero-order chi connectivity index (χ0) is 18.7. The zero-order valence-electron chi connectivity index (χ0n) is 17.5. The Kier molecular flexibility index (Phi) is 7.49. The van der Waals surface area contributed by atoms with Crippen molar-refractivity contribution in [1.29, 1.82) is 0 Å². The Morgan fingerprint density at radius 3 is 2.33 bits per heavy atom. The first-order valence-electron chi connectivity index (χ1n) is 9.70. The molecule has 0 spiro atoms.